The molecule has 0 saturated carbocycles. The number of aromatic nitrogens is 1. The first kappa shape index (κ1) is 12.5. The Morgan fingerprint density at radius 2 is 2.20 bits per heavy atom. The molecule has 0 aromatic carbocycles. The minimum atomic E-state index is -2.84. The average molecular weight is 345 g/mol. The Balaban J connectivity index is 3.49. The number of rotatable bonds is 3. The molecule has 15 heavy (non-hydrogen) atoms. The summed E-state index contributed by atoms with van der Waals surface area (Å²) in [5, 5.41) is 8.83. The van der Waals surface area contributed by atoms with E-state index in [4.69, 9.17) is 5.11 Å². The third-order valence-electron chi connectivity index (χ3n) is 1.75. The molecule has 0 aliphatic rings. The number of hydrogen-bond acceptors (Lipinski definition) is 2. The zero-order valence-corrected chi connectivity index (χ0v) is 10.3. The highest BCUT2D eigenvalue weighted by atomic mass is 79.9. The highest BCUT2D eigenvalue weighted by Crippen LogP contribution is 2.31. The van der Waals surface area contributed by atoms with Crippen LogP contribution < -0.4 is 0 Å². The lowest BCUT2D eigenvalue weighted by molar-refractivity contribution is 0.0683. The van der Waals surface area contributed by atoms with E-state index in [1.54, 1.807) is 0 Å². The topological polar surface area (TPSA) is 50.2 Å². The molecule has 1 heterocycles. The molecule has 0 saturated heterocycles. The van der Waals surface area contributed by atoms with Crippen LogP contribution in [-0.4, -0.2) is 16.1 Å². The van der Waals surface area contributed by atoms with Crippen LogP contribution in [0, 0.1) is 0 Å². The van der Waals surface area contributed by atoms with Gasteiger partial charge in [-0.3, -0.25) is 0 Å². The van der Waals surface area contributed by atoms with Crippen molar-refractivity contribution in [3.05, 3.63) is 27.5 Å². The lowest BCUT2D eigenvalue weighted by atomic mass is 10.1. The molecule has 82 valence electrons. The van der Waals surface area contributed by atoms with Gasteiger partial charge in [-0.2, -0.15) is 0 Å². The van der Waals surface area contributed by atoms with Gasteiger partial charge in [-0.1, -0.05) is 15.9 Å². The van der Waals surface area contributed by atoms with E-state index in [1.807, 2.05) is 0 Å². The maximum absolute atomic E-state index is 12.7. The summed E-state index contributed by atoms with van der Waals surface area (Å²) < 4.78 is 25.6. The fourth-order valence-electron chi connectivity index (χ4n) is 1.09. The van der Waals surface area contributed by atoms with Crippen molar-refractivity contribution in [2.24, 2.45) is 0 Å². The van der Waals surface area contributed by atoms with Crippen LogP contribution >= 0.6 is 31.9 Å². The summed E-state index contributed by atoms with van der Waals surface area (Å²) in [6.45, 7) is 0. The zero-order chi connectivity index (χ0) is 11.6. The lowest BCUT2D eigenvalue weighted by Crippen LogP contribution is -2.08. The maximum Gasteiger partial charge on any atom is 0.337 e. The molecule has 7 heteroatoms. The summed E-state index contributed by atoms with van der Waals surface area (Å²) in [4.78, 5) is 14.4. The standard InChI is InChI=1S/C8H5Br2F2NO2/c9-1-3-5(7(11)12)4(8(14)15)2-13-6(3)10/h2,7H,1H2,(H,14,15). The van der Waals surface area contributed by atoms with E-state index >= 15 is 0 Å². The van der Waals surface area contributed by atoms with Crippen LogP contribution in [0.25, 0.3) is 0 Å². The summed E-state index contributed by atoms with van der Waals surface area (Å²) in [7, 11) is 0. The number of alkyl halides is 3. The van der Waals surface area contributed by atoms with Crippen LogP contribution in [0.5, 0.6) is 0 Å². The van der Waals surface area contributed by atoms with Gasteiger partial charge in [-0.05, 0) is 15.9 Å². The van der Waals surface area contributed by atoms with Gasteiger partial charge in [0.05, 0.1) is 5.56 Å². The molecule has 3 nitrogen and oxygen atoms in total. The van der Waals surface area contributed by atoms with Gasteiger partial charge in [0, 0.05) is 22.7 Å². The van der Waals surface area contributed by atoms with E-state index in [9.17, 15) is 13.6 Å². The molecule has 0 bridgehead atoms. The second-order valence-electron chi connectivity index (χ2n) is 2.59. The molecule has 0 atom stereocenters. The molecular formula is C8H5Br2F2NO2. The van der Waals surface area contributed by atoms with Crippen molar-refractivity contribution in [1.29, 1.82) is 0 Å². The Bertz CT molecular complexity index is 398. The molecule has 0 fully saturated rings. The van der Waals surface area contributed by atoms with E-state index in [-0.39, 0.29) is 15.5 Å². The van der Waals surface area contributed by atoms with Crippen LogP contribution in [0.1, 0.15) is 27.9 Å². The number of hydrogen-bond donors (Lipinski definition) is 1. The number of halogens is 4. The van der Waals surface area contributed by atoms with Crippen LogP contribution in [0.4, 0.5) is 8.78 Å². The van der Waals surface area contributed by atoms with E-state index in [1.165, 1.54) is 0 Å². The zero-order valence-electron chi connectivity index (χ0n) is 7.18. The van der Waals surface area contributed by atoms with Crippen molar-refractivity contribution in [3.63, 3.8) is 0 Å². The minimum absolute atomic E-state index is 0.112. The molecule has 1 rings (SSSR count). The number of pyridine rings is 1. The second-order valence-corrected chi connectivity index (χ2v) is 3.91. The van der Waals surface area contributed by atoms with Crippen LogP contribution in [-0.2, 0) is 5.33 Å². The molecular weight excluding hydrogens is 340 g/mol. The van der Waals surface area contributed by atoms with E-state index < -0.39 is 23.5 Å². The molecule has 0 radical (unpaired) electrons. The number of aromatic carboxylic acids is 1. The minimum Gasteiger partial charge on any atom is -0.478 e. The third kappa shape index (κ3) is 2.52. The molecule has 0 amide bonds. The van der Waals surface area contributed by atoms with Gasteiger partial charge in [0.2, 0.25) is 0 Å². The molecule has 1 aromatic rings. The van der Waals surface area contributed by atoms with Gasteiger partial charge in [0.15, 0.2) is 0 Å². The third-order valence-corrected chi connectivity index (χ3v) is 3.00. The SMILES string of the molecule is O=C(O)c1cnc(Br)c(CBr)c1C(F)F. The highest BCUT2D eigenvalue weighted by Gasteiger charge is 2.23. The molecule has 1 N–H and O–H groups in total. The van der Waals surface area contributed by atoms with Crippen molar-refractivity contribution in [2.45, 2.75) is 11.8 Å². The predicted molar refractivity (Wildman–Crippen MR) is 56.5 cm³/mol. The lowest BCUT2D eigenvalue weighted by Gasteiger charge is -2.10. The van der Waals surface area contributed by atoms with Crippen LogP contribution in [0.15, 0.2) is 10.8 Å². The fourth-order valence-corrected chi connectivity index (χ4v) is 2.49. The number of nitrogens with zero attached hydrogens (tertiary/aromatic N) is 1. The predicted octanol–water partition coefficient (Wildman–Crippen LogP) is 3.37. The van der Waals surface area contributed by atoms with Crippen molar-refractivity contribution < 1.29 is 18.7 Å². The smallest absolute Gasteiger partial charge is 0.337 e. The average Bonchev–Trinajstić information content (AvgIpc) is 2.16. The summed E-state index contributed by atoms with van der Waals surface area (Å²) in [5.41, 5.74) is -0.811. The molecule has 0 aliphatic carbocycles. The molecule has 0 unspecified atom stereocenters. The number of carboxylic acids is 1. The van der Waals surface area contributed by atoms with Crippen molar-refractivity contribution in [2.75, 3.05) is 0 Å². The van der Waals surface area contributed by atoms with Crippen molar-refractivity contribution >= 4 is 37.8 Å². The van der Waals surface area contributed by atoms with Gasteiger partial charge in [0.1, 0.15) is 4.60 Å². The monoisotopic (exact) mass is 343 g/mol. The summed E-state index contributed by atoms with van der Waals surface area (Å²) >= 11 is 6.01. The quantitative estimate of drug-likeness (QED) is 0.675. The van der Waals surface area contributed by atoms with E-state index in [2.05, 4.69) is 36.8 Å². The molecule has 0 aliphatic heterocycles. The Hall–Kier alpha value is -0.560. The van der Waals surface area contributed by atoms with Crippen LogP contribution in [0.3, 0.4) is 0 Å². The van der Waals surface area contributed by atoms with Gasteiger partial charge in [-0.25, -0.2) is 18.6 Å². The van der Waals surface area contributed by atoms with Crippen molar-refractivity contribution in [3.8, 4) is 0 Å². The number of carbonyl (C=O) groups is 1. The summed E-state index contributed by atoms with van der Waals surface area (Å²) in [6, 6.07) is 0. The Labute approximate surface area is 101 Å². The van der Waals surface area contributed by atoms with Crippen molar-refractivity contribution in [1.82, 2.24) is 4.98 Å². The number of carboxylic acid groups (broad SMARTS) is 1. The van der Waals surface area contributed by atoms with Gasteiger partial charge < -0.3 is 5.11 Å². The maximum atomic E-state index is 12.7. The van der Waals surface area contributed by atoms with E-state index in [0.29, 0.717) is 0 Å². The first-order valence-electron chi connectivity index (χ1n) is 3.73. The van der Waals surface area contributed by atoms with E-state index in [0.717, 1.165) is 6.20 Å². The highest BCUT2D eigenvalue weighted by molar-refractivity contribution is 9.10. The molecule has 0 spiro atoms. The van der Waals surface area contributed by atoms with Gasteiger partial charge in [-0.15, -0.1) is 0 Å². The summed E-state index contributed by atoms with van der Waals surface area (Å²) in [5.74, 6) is -1.41. The van der Waals surface area contributed by atoms with Gasteiger partial charge in [0.25, 0.3) is 6.43 Å². The Morgan fingerprint density at radius 1 is 1.60 bits per heavy atom. The Morgan fingerprint density at radius 3 is 2.60 bits per heavy atom. The first-order valence-corrected chi connectivity index (χ1v) is 5.65. The fraction of sp³-hybridized carbons (Fsp3) is 0.250. The second kappa shape index (κ2) is 4.98. The largest absolute Gasteiger partial charge is 0.478 e. The van der Waals surface area contributed by atoms with Gasteiger partial charge >= 0.3 is 5.97 Å². The molecule has 1 aromatic heterocycles. The first-order chi connectivity index (χ1) is 6.99. The normalized spacial score (nSPS) is 10.7. The summed E-state index contributed by atoms with van der Waals surface area (Å²) in [6.07, 6.45) is -1.93. The Kier molecular flexibility index (Phi) is 4.15. The van der Waals surface area contributed by atoms with Crippen LogP contribution in [0.2, 0.25) is 0 Å².